The number of carbonyl (C=O) groups is 1. The summed E-state index contributed by atoms with van der Waals surface area (Å²) in [7, 11) is 0. The minimum atomic E-state index is -0.892. The molecule has 1 unspecified atom stereocenters. The number of carboxylic acids is 1. The minimum Gasteiger partial charge on any atom is -0.481 e. The molecule has 0 spiro atoms. The van der Waals surface area contributed by atoms with E-state index in [1.165, 1.54) is 0 Å². The SMILES string of the molecule is NCC(C(=O)O)c1cc2n(c1)CCO2. The Morgan fingerprint density at radius 2 is 2.57 bits per heavy atom. The molecule has 5 heteroatoms. The van der Waals surface area contributed by atoms with Gasteiger partial charge in [0.1, 0.15) is 6.61 Å². The summed E-state index contributed by atoms with van der Waals surface area (Å²) in [5.74, 6) is -0.784. The van der Waals surface area contributed by atoms with Gasteiger partial charge in [-0.2, -0.15) is 0 Å². The molecule has 0 bridgehead atoms. The number of fused-ring (bicyclic) bond motifs is 1. The van der Waals surface area contributed by atoms with Crippen LogP contribution >= 0.6 is 0 Å². The Balaban J connectivity index is 2.27. The minimum absolute atomic E-state index is 0.110. The molecule has 1 aromatic rings. The highest BCUT2D eigenvalue weighted by Crippen LogP contribution is 2.26. The average molecular weight is 196 g/mol. The third-order valence-corrected chi connectivity index (χ3v) is 2.40. The fourth-order valence-electron chi connectivity index (χ4n) is 1.62. The lowest BCUT2D eigenvalue weighted by Crippen LogP contribution is -2.20. The molecule has 0 fully saturated rings. The van der Waals surface area contributed by atoms with Gasteiger partial charge in [-0.3, -0.25) is 4.79 Å². The Morgan fingerprint density at radius 1 is 1.79 bits per heavy atom. The van der Waals surface area contributed by atoms with Crippen molar-refractivity contribution >= 4 is 5.97 Å². The standard InChI is InChI=1S/C9H12N2O3/c10-4-7(9(12)13)6-3-8-11(5-6)1-2-14-8/h3,5,7H,1-2,4,10H2,(H,12,13). The summed E-state index contributed by atoms with van der Waals surface area (Å²) in [5, 5.41) is 8.89. The number of nitrogens with two attached hydrogens (primary N) is 1. The van der Waals surface area contributed by atoms with Gasteiger partial charge in [-0.15, -0.1) is 0 Å². The number of aliphatic carboxylic acids is 1. The molecule has 3 N–H and O–H groups in total. The van der Waals surface area contributed by atoms with Crippen molar-refractivity contribution in [2.75, 3.05) is 13.2 Å². The van der Waals surface area contributed by atoms with Crippen molar-refractivity contribution in [1.82, 2.24) is 4.57 Å². The van der Waals surface area contributed by atoms with Crippen molar-refractivity contribution in [3.8, 4) is 5.88 Å². The van der Waals surface area contributed by atoms with Crippen LogP contribution in [-0.4, -0.2) is 28.8 Å². The van der Waals surface area contributed by atoms with Crippen molar-refractivity contribution in [3.63, 3.8) is 0 Å². The number of rotatable bonds is 3. The highest BCUT2D eigenvalue weighted by molar-refractivity contribution is 5.76. The van der Waals surface area contributed by atoms with E-state index >= 15 is 0 Å². The van der Waals surface area contributed by atoms with Crippen molar-refractivity contribution in [3.05, 3.63) is 17.8 Å². The molecule has 1 atom stereocenters. The van der Waals surface area contributed by atoms with Crippen molar-refractivity contribution in [2.45, 2.75) is 12.5 Å². The maximum absolute atomic E-state index is 10.8. The van der Waals surface area contributed by atoms with Crippen LogP contribution in [0.25, 0.3) is 0 Å². The van der Waals surface area contributed by atoms with E-state index in [2.05, 4.69) is 0 Å². The lowest BCUT2D eigenvalue weighted by atomic mass is 10.0. The van der Waals surface area contributed by atoms with Gasteiger partial charge >= 0.3 is 5.97 Å². The predicted molar refractivity (Wildman–Crippen MR) is 49.4 cm³/mol. The van der Waals surface area contributed by atoms with Crippen molar-refractivity contribution in [1.29, 1.82) is 0 Å². The number of aromatic nitrogens is 1. The van der Waals surface area contributed by atoms with Crippen LogP contribution in [0.4, 0.5) is 0 Å². The smallest absolute Gasteiger partial charge is 0.312 e. The molecule has 0 saturated heterocycles. The highest BCUT2D eigenvalue weighted by atomic mass is 16.5. The first-order valence-electron chi connectivity index (χ1n) is 4.48. The zero-order valence-electron chi connectivity index (χ0n) is 7.64. The summed E-state index contributed by atoms with van der Waals surface area (Å²) in [6.07, 6.45) is 1.80. The van der Waals surface area contributed by atoms with E-state index in [0.717, 1.165) is 18.0 Å². The van der Waals surface area contributed by atoms with Crippen LogP contribution in [-0.2, 0) is 11.3 Å². The Kier molecular flexibility index (Phi) is 2.17. The second-order valence-corrected chi connectivity index (χ2v) is 3.28. The Bertz CT molecular complexity index is 337. The third-order valence-electron chi connectivity index (χ3n) is 2.40. The summed E-state index contributed by atoms with van der Waals surface area (Å²) in [4.78, 5) is 10.8. The Morgan fingerprint density at radius 3 is 3.14 bits per heavy atom. The van der Waals surface area contributed by atoms with Crippen molar-refractivity contribution in [2.24, 2.45) is 5.73 Å². The summed E-state index contributed by atoms with van der Waals surface area (Å²) < 4.78 is 7.19. The van der Waals surface area contributed by atoms with Crippen LogP contribution in [0.5, 0.6) is 5.88 Å². The molecule has 2 rings (SSSR count). The van der Waals surface area contributed by atoms with Crippen LogP contribution in [0.2, 0.25) is 0 Å². The molecular formula is C9H12N2O3. The monoisotopic (exact) mass is 196 g/mol. The van der Waals surface area contributed by atoms with Gasteiger partial charge in [-0.05, 0) is 5.56 Å². The summed E-state index contributed by atoms with van der Waals surface area (Å²) >= 11 is 0. The van der Waals surface area contributed by atoms with Crippen LogP contribution in [0.15, 0.2) is 12.3 Å². The number of hydrogen-bond acceptors (Lipinski definition) is 3. The molecule has 1 aliphatic heterocycles. The molecule has 0 aromatic carbocycles. The molecule has 2 heterocycles. The molecule has 0 amide bonds. The van der Waals surface area contributed by atoms with Gasteiger partial charge in [-0.1, -0.05) is 0 Å². The Hall–Kier alpha value is -1.49. The lowest BCUT2D eigenvalue weighted by Gasteiger charge is -2.06. The van der Waals surface area contributed by atoms with Gasteiger partial charge < -0.3 is 20.1 Å². The summed E-state index contributed by atoms with van der Waals surface area (Å²) in [6, 6.07) is 1.75. The quantitative estimate of drug-likeness (QED) is 0.713. The van der Waals surface area contributed by atoms with Gasteiger partial charge in [0.05, 0.1) is 12.5 Å². The molecule has 0 aliphatic carbocycles. The second kappa shape index (κ2) is 3.34. The van der Waals surface area contributed by atoms with E-state index in [1.54, 1.807) is 12.3 Å². The molecule has 0 radical (unpaired) electrons. The van der Waals surface area contributed by atoms with Gasteiger partial charge in [0.15, 0.2) is 5.88 Å². The number of carboxylic acid groups (broad SMARTS) is 1. The molecule has 0 saturated carbocycles. The summed E-state index contributed by atoms with van der Waals surface area (Å²) in [5.41, 5.74) is 6.11. The average Bonchev–Trinajstić information content (AvgIpc) is 2.63. The highest BCUT2D eigenvalue weighted by Gasteiger charge is 2.22. The number of ether oxygens (including phenoxy) is 1. The van der Waals surface area contributed by atoms with Crippen LogP contribution in [0.1, 0.15) is 11.5 Å². The van der Waals surface area contributed by atoms with Crippen molar-refractivity contribution < 1.29 is 14.6 Å². The Labute approximate surface area is 81.1 Å². The third kappa shape index (κ3) is 1.35. The normalized spacial score (nSPS) is 16.1. The van der Waals surface area contributed by atoms with E-state index in [1.807, 2.05) is 4.57 Å². The first-order chi connectivity index (χ1) is 6.72. The topological polar surface area (TPSA) is 77.5 Å². The van der Waals surface area contributed by atoms with Crippen LogP contribution in [0.3, 0.4) is 0 Å². The molecule has 5 nitrogen and oxygen atoms in total. The maximum atomic E-state index is 10.8. The van der Waals surface area contributed by atoms with Gasteiger partial charge in [-0.25, -0.2) is 0 Å². The van der Waals surface area contributed by atoms with E-state index in [-0.39, 0.29) is 6.54 Å². The first-order valence-corrected chi connectivity index (χ1v) is 4.48. The molecule has 76 valence electrons. The molecule has 14 heavy (non-hydrogen) atoms. The number of hydrogen-bond donors (Lipinski definition) is 2. The van der Waals surface area contributed by atoms with Gasteiger partial charge in [0.25, 0.3) is 0 Å². The molecular weight excluding hydrogens is 184 g/mol. The lowest BCUT2D eigenvalue weighted by molar-refractivity contribution is -0.138. The maximum Gasteiger partial charge on any atom is 0.312 e. The van der Waals surface area contributed by atoms with E-state index in [4.69, 9.17) is 15.6 Å². The zero-order chi connectivity index (χ0) is 10.1. The fourth-order valence-corrected chi connectivity index (χ4v) is 1.62. The molecule has 1 aromatic heterocycles. The second-order valence-electron chi connectivity index (χ2n) is 3.28. The van der Waals surface area contributed by atoms with Gasteiger partial charge in [0.2, 0.25) is 0 Å². The number of nitrogens with zero attached hydrogens (tertiary/aromatic N) is 1. The van der Waals surface area contributed by atoms with Crippen LogP contribution < -0.4 is 10.5 Å². The van der Waals surface area contributed by atoms with E-state index in [9.17, 15) is 4.79 Å². The zero-order valence-corrected chi connectivity index (χ0v) is 7.64. The predicted octanol–water partition coefficient (Wildman–Crippen LogP) is 0.00740. The van der Waals surface area contributed by atoms with Gasteiger partial charge in [0, 0.05) is 18.8 Å². The largest absolute Gasteiger partial charge is 0.481 e. The summed E-state index contributed by atoms with van der Waals surface area (Å²) in [6.45, 7) is 1.56. The molecule has 1 aliphatic rings. The fraction of sp³-hybridized carbons (Fsp3) is 0.444. The van der Waals surface area contributed by atoms with E-state index in [0.29, 0.717) is 6.61 Å². The van der Waals surface area contributed by atoms with Crippen LogP contribution in [0, 0.1) is 0 Å². The van der Waals surface area contributed by atoms with E-state index < -0.39 is 11.9 Å². The first kappa shape index (κ1) is 9.08.